The molecule has 0 fully saturated rings. The van der Waals surface area contributed by atoms with Crippen LogP contribution >= 0.6 is 0 Å². The van der Waals surface area contributed by atoms with Crippen molar-refractivity contribution >= 4 is 5.97 Å². The van der Waals surface area contributed by atoms with Crippen LogP contribution in [0.4, 0.5) is 0 Å². The van der Waals surface area contributed by atoms with Crippen LogP contribution in [-0.2, 0) is 38.0 Å². The highest BCUT2D eigenvalue weighted by Crippen LogP contribution is 2.09. The van der Waals surface area contributed by atoms with Crippen molar-refractivity contribution in [3.63, 3.8) is 0 Å². The summed E-state index contributed by atoms with van der Waals surface area (Å²) in [6.07, 6.45) is 1.01. The zero-order valence-corrected chi connectivity index (χ0v) is 19.4. The summed E-state index contributed by atoms with van der Waals surface area (Å²) < 4.78 is 37.6. The molecule has 0 spiro atoms. The molecule has 0 unspecified atom stereocenters. The van der Waals surface area contributed by atoms with Gasteiger partial charge in [0.2, 0.25) is 0 Å². The fourth-order valence-corrected chi connectivity index (χ4v) is 2.09. The Hall–Kier alpha value is -0.810. The average Bonchev–Trinajstić information content (AvgIpc) is 2.68. The van der Waals surface area contributed by atoms with E-state index in [1.165, 1.54) is 0 Å². The monoisotopic (exact) mass is 437 g/mol. The van der Waals surface area contributed by atoms with E-state index < -0.39 is 5.60 Å². The lowest BCUT2D eigenvalue weighted by atomic mass is 10.2. The second-order valence-corrected chi connectivity index (χ2v) is 7.47. The van der Waals surface area contributed by atoms with E-state index in [1.54, 1.807) is 0 Å². The van der Waals surface area contributed by atoms with Gasteiger partial charge in [0.15, 0.2) is 0 Å². The van der Waals surface area contributed by atoms with Gasteiger partial charge in [-0.3, -0.25) is 4.79 Å². The summed E-state index contributed by atoms with van der Waals surface area (Å²) in [4.78, 5) is 11.5. The normalized spacial score (nSPS) is 11.7. The van der Waals surface area contributed by atoms with E-state index in [1.807, 2.05) is 27.8 Å². The molecular formula is C21H43NO8. The van der Waals surface area contributed by atoms with E-state index in [4.69, 9.17) is 33.2 Å². The largest absolute Gasteiger partial charge is 0.460 e. The molecule has 0 radical (unpaired) electrons. The first-order chi connectivity index (χ1) is 14.5. The summed E-state index contributed by atoms with van der Waals surface area (Å²) in [6, 6.07) is 0. The van der Waals surface area contributed by atoms with Gasteiger partial charge in [-0.05, 0) is 34.2 Å². The predicted molar refractivity (Wildman–Crippen MR) is 114 cm³/mol. The van der Waals surface area contributed by atoms with Gasteiger partial charge >= 0.3 is 5.97 Å². The van der Waals surface area contributed by atoms with Crippen molar-refractivity contribution in [2.24, 2.45) is 0 Å². The average molecular weight is 438 g/mol. The molecule has 0 heterocycles. The summed E-state index contributed by atoms with van der Waals surface area (Å²) in [5, 5.41) is 3.01. The molecule has 0 aliphatic carbocycles. The molecule has 0 bridgehead atoms. The first kappa shape index (κ1) is 29.2. The Bertz CT molecular complexity index is 377. The quantitative estimate of drug-likeness (QED) is 0.199. The number of esters is 1. The number of rotatable bonds is 22. The zero-order chi connectivity index (χ0) is 22.3. The number of carbonyl (C=O) groups excluding carboxylic acids is 1. The fraction of sp³-hybridized carbons (Fsp3) is 0.952. The minimum atomic E-state index is -0.435. The van der Waals surface area contributed by atoms with Crippen molar-refractivity contribution in [3.8, 4) is 0 Å². The van der Waals surface area contributed by atoms with Crippen LogP contribution in [0.25, 0.3) is 0 Å². The van der Waals surface area contributed by atoms with Gasteiger partial charge in [0, 0.05) is 19.6 Å². The number of likely N-dealkylation sites (N-methyl/N-ethyl adjacent to an activating group) is 1. The molecule has 9 heteroatoms. The Morgan fingerprint density at radius 2 is 1.00 bits per heavy atom. The smallest absolute Gasteiger partial charge is 0.306 e. The molecule has 30 heavy (non-hydrogen) atoms. The van der Waals surface area contributed by atoms with Gasteiger partial charge < -0.3 is 38.5 Å². The standard InChI is InChI=1S/C21H43NO8/c1-21(2,3)30-20(23)6-5-8-24-10-12-26-14-16-28-18-19-29-17-15-27-13-11-25-9-7-22-4/h22H,5-19H2,1-4H3. The molecule has 0 rings (SSSR count). The number of nitrogens with one attached hydrogen (secondary N) is 1. The third kappa shape index (κ3) is 25.2. The van der Waals surface area contributed by atoms with Gasteiger partial charge in [-0.1, -0.05) is 0 Å². The number of hydrogen-bond acceptors (Lipinski definition) is 9. The van der Waals surface area contributed by atoms with Crippen LogP contribution in [0.1, 0.15) is 33.6 Å². The molecule has 0 aromatic carbocycles. The van der Waals surface area contributed by atoms with Crippen LogP contribution < -0.4 is 5.32 Å². The maximum atomic E-state index is 11.5. The second-order valence-electron chi connectivity index (χ2n) is 7.47. The number of hydrogen-bond donors (Lipinski definition) is 1. The Balaban J connectivity index is 3.11. The fourth-order valence-electron chi connectivity index (χ4n) is 2.09. The maximum absolute atomic E-state index is 11.5. The Labute approximate surface area is 182 Å². The van der Waals surface area contributed by atoms with Crippen LogP contribution in [0.3, 0.4) is 0 Å². The Kier molecular flexibility index (Phi) is 20.8. The molecule has 0 aliphatic rings. The van der Waals surface area contributed by atoms with E-state index in [9.17, 15) is 4.79 Å². The van der Waals surface area contributed by atoms with Crippen molar-refractivity contribution in [2.75, 3.05) is 92.9 Å². The molecule has 0 saturated carbocycles. The zero-order valence-electron chi connectivity index (χ0n) is 19.4. The minimum absolute atomic E-state index is 0.193. The minimum Gasteiger partial charge on any atom is -0.460 e. The number of ether oxygens (including phenoxy) is 7. The van der Waals surface area contributed by atoms with Crippen molar-refractivity contribution in [3.05, 3.63) is 0 Å². The lowest BCUT2D eigenvalue weighted by Gasteiger charge is -2.19. The molecule has 0 atom stereocenters. The van der Waals surface area contributed by atoms with Crippen molar-refractivity contribution < 1.29 is 38.0 Å². The molecule has 0 aromatic heterocycles. The topological polar surface area (TPSA) is 93.7 Å². The van der Waals surface area contributed by atoms with Gasteiger partial charge in [-0.2, -0.15) is 0 Å². The Morgan fingerprint density at radius 1 is 0.633 bits per heavy atom. The van der Waals surface area contributed by atoms with E-state index in [0.29, 0.717) is 92.1 Å². The molecule has 0 aliphatic heterocycles. The summed E-state index contributed by atoms with van der Waals surface area (Å²) in [6.45, 7) is 13.0. The first-order valence-corrected chi connectivity index (χ1v) is 10.8. The van der Waals surface area contributed by atoms with Gasteiger partial charge in [0.1, 0.15) is 5.60 Å². The highest BCUT2D eigenvalue weighted by Gasteiger charge is 2.15. The highest BCUT2D eigenvalue weighted by atomic mass is 16.6. The maximum Gasteiger partial charge on any atom is 0.306 e. The van der Waals surface area contributed by atoms with Gasteiger partial charge in [0.05, 0.1) is 72.7 Å². The van der Waals surface area contributed by atoms with Crippen molar-refractivity contribution in [1.29, 1.82) is 0 Å². The van der Waals surface area contributed by atoms with Gasteiger partial charge in [0.25, 0.3) is 0 Å². The van der Waals surface area contributed by atoms with E-state index in [-0.39, 0.29) is 5.97 Å². The third-order valence-electron chi connectivity index (χ3n) is 3.45. The molecule has 0 amide bonds. The van der Waals surface area contributed by atoms with Gasteiger partial charge in [-0.15, -0.1) is 0 Å². The first-order valence-electron chi connectivity index (χ1n) is 10.8. The van der Waals surface area contributed by atoms with E-state index in [2.05, 4.69) is 5.32 Å². The lowest BCUT2D eigenvalue weighted by Crippen LogP contribution is -2.23. The lowest BCUT2D eigenvalue weighted by molar-refractivity contribution is -0.155. The van der Waals surface area contributed by atoms with Crippen LogP contribution in [0.15, 0.2) is 0 Å². The highest BCUT2D eigenvalue weighted by molar-refractivity contribution is 5.69. The van der Waals surface area contributed by atoms with Crippen LogP contribution in [-0.4, -0.2) is 104 Å². The summed E-state index contributed by atoms with van der Waals surface area (Å²) in [7, 11) is 1.89. The van der Waals surface area contributed by atoms with E-state index in [0.717, 1.165) is 6.54 Å². The molecular weight excluding hydrogens is 394 g/mol. The Morgan fingerprint density at radius 3 is 1.37 bits per heavy atom. The molecule has 0 saturated heterocycles. The second kappa shape index (κ2) is 21.4. The summed E-state index contributed by atoms with van der Waals surface area (Å²) >= 11 is 0. The van der Waals surface area contributed by atoms with E-state index >= 15 is 0 Å². The SMILES string of the molecule is CNCCOCCOCCOCCOCCOCCOCCCC(=O)OC(C)(C)C. The van der Waals surface area contributed by atoms with Crippen LogP contribution in [0, 0.1) is 0 Å². The molecule has 9 nitrogen and oxygen atoms in total. The van der Waals surface area contributed by atoms with Crippen molar-refractivity contribution in [2.45, 2.75) is 39.2 Å². The van der Waals surface area contributed by atoms with Gasteiger partial charge in [-0.25, -0.2) is 0 Å². The molecule has 180 valence electrons. The summed E-state index contributed by atoms with van der Waals surface area (Å²) in [5.41, 5.74) is -0.435. The van der Waals surface area contributed by atoms with Crippen LogP contribution in [0.5, 0.6) is 0 Å². The molecule has 1 N–H and O–H groups in total. The number of carbonyl (C=O) groups is 1. The third-order valence-corrected chi connectivity index (χ3v) is 3.45. The predicted octanol–water partition coefficient (Wildman–Crippen LogP) is 1.43. The van der Waals surface area contributed by atoms with Crippen molar-refractivity contribution in [1.82, 2.24) is 5.32 Å². The van der Waals surface area contributed by atoms with Crippen LogP contribution in [0.2, 0.25) is 0 Å². The summed E-state index contributed by atoms with van der Waals surface area (Å²) in [5.74, 6) is -0.193. The molecule has 0 aromatic rings.